The highest BCUT2D eigenvalue weighted by molar-refractivity contribution is 5.91. The number of aromatic nitrogens is 2. The molecule has 0 aliphatic carbocycles. The van der Waals surface area contributed by atoms with Crippen molar-refractivity contribution >= 4 is 11.7 Å². The molecule has 0 bridgehead atoms. The number of anilines is 1. The summed E-state index contributed by atoms with van der Waals surface area (Å²) >= 11 is 0. The van der Waals surface area contributed by atoms with Crippen molar-refractivity contribution in [3.63, 3.8) is 0 Å². The number of nitrogens with one attached hydrogen (secondary N) is 2. The number of rotatable bonds is 3. The molecule has 2 rings (SSSR count). The zero-order valence-electron chi connectivity index (χ0n) is 8.10. The van der Waals surface area contributed by atoms with E-state index in [4.69, 9.17) is 0 Å². The lowest BCUT2D eigenvalue weighted by molar-refractivity contribution is -0.115. The Morgan fingerprint density at radius 2 is 2.33 bits per heavy atom. The number of carbonyl (C=O) groups is 1. The molecule has 0 unspecified atom stereocenters. The molecule has 1 amide bonds. The lowest BCUT2D eigenvalue weighted by atomic mass is 10.2. The first kappa shape index (κ1) is 9.45. The number of carbonyl (C=O) groups excluding carboxylic acids is 1. The third kappa shape index (κ3) is 2.67. The molecule has 15 heavy (non-hydrogen) atoms. The number of hydrogen-bond donors (Lipinski definition) is 2. The van der Waals surface area contributed by atoms with Gasteiger partial charge in [0.25, 0.3) is 0 Å². The Morgan fingerprint density at radius 1 is 1.40 bits per heavy atom. The highest BCUT2D eigenvalue weighted by Gasteiger charge is 2.03. The molecule has 0 saturated carbocycles. The van der Waals surface area contributed by atoms with Crippen LogP contribution in [0.3, 0.4) is 0 Å². The van der Waals surface area contributed by atoms with Gasteiger partial charge in [0.05, 0.1) is 6.42 Å². The van der Waals surface area contributed by atoms with Crippen LogP contribution in [0.1, 0.15) is 5.56 Å². The molecule has 0 atom stereocenters. The molecule has 0 fully saturated rings. The molecule has 0 aliphatic heterocycles. The number of pyridine rings is 1. The van der Waals surface area contributed by atoms with Crippen molar-refractivity contribution in [2.24, 2.45) is 0 Å². The maximum Gasteiger partial charge on any atom is 0.230 e. The van der Waals surface area contributed by atoms with Gasteiger partial charge >= 0.3 is 0 Å². The van der Waals surface area contributed by atoms with Crippen molar-refractivity contribution in [3.05, 3.63) is 48.4 Å². The topological polar surface area (TPSA) is 57.8 Å². The second kappa shape index (κ2) is 4.41. The zero-order valence-corrected chi connectivity index (χ0v) is 8.10. The van der Waals surface area contributed by atoms with Crippen molar-refractivity contribution in [1.29, 1.82) is 0 Å². The summed E-state index contributed by atoms with van der Waals surface area (Å²) in [6, 6.07) is 7.27. The molecule has 0 aromatic carbocycles. The van der Waals surface area contributed by atoms with E-state index in [-0.39, 0.29) is 5.91 Å². The SMILES string of the molecule is O=C(Cc1cc[nH]c1)Nc1ccccn1. The van der Waals surface area contributed by atoms with Crippen LogP contribution in [0.2, 0.25) is 0 Å². The minimum absolute atomic E-state index is 0.0618. The van der Waals surface area contributed by atoms with E-state index in [2.05, 4.69) is 15.3 Å². The van der Waals surface area contributed by atoms with Gasteiger partial charge in [-0.05, 0) is 23.8 Å². The summed E-state index contributed by atoms with van der Waals surface area (Å²) in [5.41, 5.74) is 0.962. The molecule has 76 valence electrons. The number of hydrogen-bond acceptors (Lipinski definition) is 2. The second-order valence-electron chi connectivity index (χ2n) is 3.16. The van der Waals surface area contributed by atoms with Crippen LogP contribution >= 0.6 is 0 Å². The van der Waals surface area contributed by atoms with Gasteiger partial charge in [-0.1, -0.05) is 6.07 Å². The van der Waals surface area contributed by atoms with E-state index in [9.17, 15) is 4.79 Å². The van der Waals surface area contributed by atoms with Crippen LogP contribution in [0.15, 0.2) is 42.9 Å². The maximum absolute atomic E-state index is 11.5. The van der Waals surface area contributed by atoms with E-state index in [0.29, 0.717) is 12.2 Å². The van der Waals surface area contributed by atoms with Gasteiger partial charge in [-0.15, -0.1) is 0 Å². The van der Waals surface area contributed by atoms with E-state index in [1.807, 2.05) is 18.2 Å². The van der Waals surface area contributed by atoms with E-state index in [1.54, 1.807) is 24.7 Å². The van der Waals surface area contributed by atoms with Gasteiger partial charge in [0, 0.05) is 18.6 Å². The Bertz CT molecular complexity index is 422. The summed E-state index contributed by atoms with van der Waals surface area (Å²) in [4.78, 5) is 18.4. The highest BCUT2D eigenvalue weighted by atomic mass is 16.1. The summed E-state index contributed by atoms with van der Waals surface area (Å²) in [5.74, 6) is 0.520. The van der Waals surface area contributed by atoms with Crippen LogP contribution in [0.4, 0.5) is 5.82 Å². The first-order valence-electron chi connectivity index (χ1n) is 4.67. The molecule has 2 aromatic rings. The van der Waals surface area contributed by atoms with Gasteiger partial charge in [-0.2, -0.15) is 0 Å². The predicted molar refractivity (Wildman–Crippen MR) is 57.4 cm³/mol. The Kier molecular flexibility index (Phi) is 2.78. The molecular formula is C11H11N3O. The van der Waals surface area contributed by atoms with Gasteiger partial charge in [0.1, 0.15) is 5.82 Å². The van der Waals surface area contributed by atoms with E-state index in [1.165, 1.54) is 0 Å². The summed E-state index contributed by atoms with van der Waals surface area (Å²) < 4.78 is 0. The standard InChI is InChI=1S/C11H11N3O/c15-11(7-9-4-6-12-8-9)14-10-3-1-2-5-13-10/h1-6,8,12H,7H2,(H,13,14,15). The minimum Gasteiger partial charge on any atom is -0.367 e. The van der Waals surface area contributed by atoms with Crippen molar-refractivity contribution < 1.29 is 4.79 Å². The molecule has 2 aromatic heterocycles. The van der Waals surface area contributed by atoms with Gasteiger partial charge < -0.3 is 10.3 Å². The fraction of sp³-hybridized carbons (Fsp3) is 0.0909. The quantitative estimate of drug-likeness (QED) is 0.792. The van der Waals surface area contributed by atoms with Crippen molar-refractivity contribution in [2.45, 2.75) is 6.42 Å². The monoisotopic (exact) mass is 201 g/mol. The zero-order chi connectivity index (χ0) is 10.5. The van der Waals surface area contributed by atoms with Crippen molar-refractivity contribution in [2.75, 3.05) is 5.32 Å². The van der Waals surface area contributed by atoms with Gasteiger partial charge in [0.15, 0.2) is 0 Å². The van der Waals surface area contributed by atoms with E-state index < -0.39 is 0 Å². The molecule has 2 N–H and O–H groups in total. The molecule has 0 saturated heterocycles. The predicted octanol–water partition coefficient (Wildman–Crippen LogP) is 1.59. The summed E-state index contributed by atoms with van der Waals surface area (Å²) in [6.45, 7) is 0. The third-order valence-electron chi connectivity index (χ3n) is 1.96. The normalized spacial score (nSPS) is 9.87. The smallest absolute Gasteiger partial charge is 0.230 e. The first-order valence-corrected chi connectivity index (χ1v) is 4.67. The summed E-state index contributed by atoms with van der Waals surface area (Å²) in [6.07, 6.45) is 5.60. The largest absolute Gasteiger partial charge is 0.367 e. The van der Waals surface area contributed by atoms with Gasteiger partial charge in [0.2, 0.25) is 5.91 Å². The lowest BCUT2D eigenvalue weighted by Crippen LogP contribution is -2.14. The third-order valence-corrected chi connectivity index (χ3v) is 1.96. The van der Waals surface area contributed by atoms with E-state index in [0.717, 1.165) is 5.56 Å². The molecule has 2 heterocycles. The van der Waals surface area contributed by atoms with Crippen molar-refractivity contribution in [1.82, 2.24) is 9.97 Å². The molecule has 0 radical (unpaired) electrons. The van der Waals surface area contributed by atoms with Crippen LogP contribution in [0.25, 0.3) is 0 Å². The van der Waals surface area contributed by atoms with Crippen LogP contribution in [0.5, 0.6) is 0 Å². The molecular weight excluding hydrogens is 190 g/mol. The maximum atomic E-state index is 11.5. The number of amides is 1. The molecule has 4 heteroatoms. The Hall–Kier alpha value is -2.10. The molecule has 4 nitrogen and oxygen atoms in total. The summed E-state index contributed by atoms with van der Waals surface area (Å²) in [5, 5.41) is 2.72. The number of aromatic amines is 1. The van der Waals surface area contributed by atoms with E-state index >= 15 is 0 Å². The second-order valence-corrected chi connectivity index (χ2v) is 3.16. The van der Waals surface area contributed by atoms with Crippen LogP contribution in [0, 0.1) is 0 Å². The number of H-pyrrole nitrogens is 1. The molecule has 0 aliphatic rings. The Morgan fingerprint density at radius 3 is 3.00 bits per heavy atom. The lowest BCUT2D eigenvalue weighted by Gasteiger charge is -2.02. The molecule has 0 spiro atoms. The van der Waals surface area contributed by atoms with Crippen LogP contribution in [-0.4, -0.2) is 15.9 Å². The average Bonchev–Trinajstić information content (AvgIpc) is 2.71. The Balaban J connectivity index is 1.94. The van der Waals surface area contributed by atoms with Gasteiger partial charge in [-0.3, -0.25) is 4.79 Å². The highest BCUT2D eigenvalue weighted by Crippen LogP contribution is 2.03. The average molecular weight is 201 g/mol. The number of nitrogens with zero attached hydrogens (tertiary/aromatic N) is 1. The van der Waals surface area contributed by atoms with Crippen LogP contribution in [-0.2, 0) is 11.2 Å². The fourth-order valence-corrected chi connectivity index (χ4v) is 1.28. The summed E-state index contributed by atoms with van der Waals surface area (Å²) in [7, 11) is 0. The van der Waals surface area contributed by atoms with Gasteiger partial charge in [-0.25, -0.2) is 4.98 Å². The first-order chi connectivity index (χ1) is 7.34. The minimum atomic E-state index is -0.0618. The van der Waals surface area contributed by atoms with Crippen LogP contribution < -0.4 is 5.32 Å². The fourth-order valence-electron chi connectivity index (χ4n) is 1.28. The Labute approximate surface area is 87.4 Å². The van der Waals surface area contributed by atoms with Crippen molar-refractivity contribution in [3.8, 4) is 0 Å².